The van der Waals surface area contributed by atoms with Crippen molar-refractivity contribution in [1.82, 2.24) is 0 Å². The standard InChI is InChI=1S/C15H17NO/c1-15(2,16-17)11-10-13-9-8-12-6-4-3-5-7-14(12)13/h3-11H,16H2,1-2H3. The van der Waals surface area contributed by atoms with Crippen LogP contribution >= 0.6 is 0 Å². The highest BCUT2D eigenvalue weighted by molar-refractivity contribution is 5.78. The minimum atomic E-state index is -0.402. The Hall–Kier alpha value is -1.64. The highest BCUT2D eigenvalue weighted by atomic mass is 16.5. The topological polar surface area (TPSA) is 39.7 Å². The molecule has 0 aromatic carbocycles. The van der Waals surface area contributed by atoms with Gasteiger partial charge in [0.2, 0.25) is 0 Å². The van der Waals surface area contributed by atoms with E-state index < -0.39 is 5.54 Å². The maximum Gasteiger partial charge on any atom is 0.109 e. The van der Waals surface area contributed by atoms with Gasteiger partial charge in [-0.2, -0.15) is 0 Å². The summed E-state index contributed by atoms with van der Waals surface area (Å²) in [6.07, 6.45) is 3.97. The van der Waals surface area contributed by atoms with E-state index in [0.717, 1.165) is 11.0 Å². The Kier molecular flexibility index (Phi) is 3.27. The highest BCUT2D eigenvalue weighted by Crippen LogP contribution is 2.27. The van der Waals surface area contributed by atoms with Gasteiger partial charge in [0, 0.05) is 0 Å². The third-order valence-electron chi connectivity index (χ3n) is 2.82. The summed E-state index contributed by atoms with van der Waals surface area (Å²) in [5, 5.41) is 10.8. The van der Waals surface area contributed by atoms with Gasteiger partial charge in [-0.05, 0) is 36.6 Å². The lowest BCUT2D eigenvalue weighted by molar-refractivity contribution is -0.649. The Morgan fingerprint density at radius 3 is 2.59 bits per heavy atom. The van der Waals surface area contributed by atoms with Crippen LogP contribution in [0.2, 0.25) is 0 Å². The molecule has 2 aliphatic rings. The summed E-state index contributed by atoms with van der Waals surface area (Å²) in [7, 11) is 0. The molecule has 0 heterocycles. The van der Waals surface area contributed by atoms with Crippen molar-refractivity contribution in [1.29, 1.82) is 0 Å². The van der Waals surface area contributed by atoms with Crippen molar-refractivity contribution in [3.63, 3.8) is 0 Å². The van der Waals surface area contributed by atoms with E-state index in [1.54, 1.807) is 0 Å². The fraction of sp³-hybridized carbons (Fsp3) is 0.200. The molecule has 17 heavy (non-hydrogen) atoms. The van der Waals surface area contributed by atoms with Crippen LogP contribution in [0.1, 0.15) is 19.4 Å². The van der Waals surface area contributed by atoms with Crippen LogP contribution in [0.4, 0.5) is 0 Å². The van der Waals surface area contributed by atoms with Crippen LogP contribution in [0, 0.1) is 5.21 Å². The molecule has 88 valence electrons. The summed E-state index contributed by atoms with van der Waals surface area (Å²) in [6.45, 7) is 3.81. The van der Waals surface area contributed by atoms with Crippen molar-refractivity contribution in [2.45, 2.75) is 19.4 Å². The van der Waals surface area contributed by atoms with E-state index in [2.05, 4.69) is 24.3 Å². The van der Waals surface area contributed by atoms with Gasteiger partial charge >= 0.3 is 0 Å². The van der Waals surface area contributed by atoms with E-state index in [-0.39, 0.29) is 0 Å². The van der Waals surface area contributed by atoms with Crippen LogP contribution in [0.25, 0.3) is 17.2 Å². The maximum absolute atomic E-state index is 10.8. The summed E-state index contributed by atoms with van der Waals surface area (Å²) >= 11 is 0. The summed E-state index contributed by atoms with van der Waals surface area (Å²) < 4.78 is 0. The van der Waals surface area contributed by atoms with Crippen LogP contribution in [0.5, 0.6) is 0 Å². The third-order valence-corrected chi connectivity index (χ3v) is 2.82. The fourth-order valence-electron chi connectivity index (χ4n) is 1.73. The predicted octanol–water partition coefficient (Wildman–Crippen LogP) is 2.64. The van der Waals surface area contributed by atoms with E-state index in [0.29, 0.717) is 0 Å². The number of hydrogen-bond donors (Lipinski definition) is 1. The number of rotatable bonds is 3. The smallest absolute Gasteiger partial charge is 0.109 e. The normalized spacial score (nSPS) is 12.4. The minimum Gasteiger partial charge on any atom is -0.635 e. The van der Waals surface area contributed by atoms with Crippen LogP contribution in [0.3, 0.4) is 0 Å². The molecule has 2 nitrogen and oxygen atoms in total. The lowest BCUT2D eigenvalue weighted by Crippen LogP contribution is -2.89. The van der Waals surface area contributed by atoms with Crippen LogP contribution in [-0.4, -0.2) is 5.54 Å². The number of nitrogens with two attached hydrogens (primary N) is 1. The van der Waals surface area contributed by atoms with Gasteiger partial charge < -0.3 is 10.7 Å². The molecule has 0 bridgehead atoms. The lowest BCUT2D eigenvalue weighted by atomic mass is 10.0. The van der Waals surface area contributed by atoms with Crippen molar-refractivity contribution in [2.24, 2.45) is 0 Å². The molecule has 2 N–H and O–H groups in total. The van der Waals surface area contributed by atoms with Crippen molar-refractivity contribution < 1.29 is 5.48 Å². The Morgan fingerprint density at radius 1 is 1.06 bits per heavy atom. The molecule has 0 aromatic rings. The van der Waals surface area contributed by atoms with E-state index in [9.17, 15) is 5.21 Å². The largest absolute Gasteiger partial charge is 0.635 e. The van der Waals surface area contributed by atoms with Crippen molar-refractivity contribution in [3.05, 3.63) is 59.3 Å². The summed E-state index contributed by atoms with van der Waals surface area (Å²) in [6, 6.07) is 14.5. The molecule has 0 aliphatic heterocycles. The monoisotopic (exact) mass is 227 g/mol. The maximum atomic E-state index is 10.8. The summed E-state index contributed by atoms with van der Waals surface area (Å²) in [5.74, 6) is 0. The van der Waals surface area contributed by atoms with E-state index in [4.69, 9.17) is 0 Å². The van der Waals surface area contributed by atoms with Crippen molar-refractivity contribution >= 4 is 6.08 Å². The van der Waals surface area contributed by atoms with Gasteiger partial charge in [0.05, 0.1) is 0 Å². The minimum absolute atomic E-state index is 0.402. The number of hydrogen-bond acceptors (Lipinski definition) is 1. The molecule has 0 saturated carbocycles. The first-order valence-corrected chi connectivity index (χ1v) is 5.76. The Bertz CT molecular complexity index is 502. The third kappa shape index (κ3) is 2.73. The zero-order valence-corrected chi connectivity index (χ0v) is 10.2. The van der Waals surface area contributed by atoms with Crippen LogP contribution in [-0.2, 0) is 0 Å². The second-order valence-corrected chi connectivity index (χ2v) is 4.84. The van der Waals surface area contributed by atoms with Gasteiger partial charge in [-0.1, -0.05) is 48.5 Å². The molecule has 0 amide bonds. The second-order valence-electron chi connectivity index (χ2n) is 4.84. The molecule has 0 atom stereocenters. The average molecular weight is 227 g/mol. The molecule has 2 heteroatoms. The van der Waals surface area contributed by atoms with Gasteiger partial charge in [0.1, 0.15) is 5.54 Å². The quantitative estimate of drug-likeness (QED) is 0.804. The number of fused-ring (bicyclic) bond motifs is 1. The predicted molar refractivity (Wildman–Crippen MR) is 71.5 cm³/mol. The van der Waals surface area contributed by atoms with Crippen molar-refractivity contribution in [3.8, 4) is 11.1 Å². The molecule has 0 saturated heterocycles. The molecule has 2 aliphatic carbocycles. The van der Waals surface area contributed by atoms with Crippen LogP contribution < -0.4 is 5.48 Å². The molecule has 2 rings (SSSR count). The molecule has 0 radical (unpaired) electrons. The van der Waals surface area contributed by atoms with Crippen molar-refractivity contribution in [2.75, 3.05) is 0 Å². The lowest BCUT2D eigenvalue weighted by Gasteiger charge is -2.20. The van der Waals surface area contributed by atoms with Gasteiger partial charge in [0.25, 0.3) is 0 Å². The molecule has 0 aromatic heterocycles. The van der Waals surface area contributed by atoms with Crippen LogP contribution in [0.15, 0.2) is 48.5 Å². The fourth-order valence-corrected chi connectivity index (χ4v) is 1.73. The Balaban J connectivity index is 2.34. The molecular formula is C15H17NO. The molecule has 0 unspecified atom stereocenters. The first-order valence-electron chi connectivity index (χ1n) is 5.76. The zero-order valence-electron chi connectivity index (χ0n) is 10.2. The second kappa shape index (κ2) is 4.70. The SMILES string of the molecule is CC(C)(C=Cc1ccc2cccccc1-2)[NH2+][O-]. The molecular weight excluding hydrogens is 210 g/mol. The first kappa shape index (κ1) is 11.8. The molecule has 0 spiro atoms. The average Bonchev–Trinajstić information content (AvgIpc) is 2.55. The number of quaternary nitrogens is 1. The Morgan fingerprint density at radius 2 is 1.82 bits per heavy atom. The van der Waals surface area contributed by atoms with E-state index in [1.165, 1.54) is 11.1 Å². The van der Waals surface area contributed by atoms with E-state index in [1.807, 2.05) is 44.2 Å². The van der Waals surface area contributed by atoms with E-state index >= 15 is 0 Å². The van der Waals surface area contributed by atoms with Gasteiger partial charge in [-0.3, -0.25) is 0 Å². The summed E-state index contributed by atoms with van der Waals surface area (Å²) in [5.41, 5.74) is 4.16. The highest BCUT2D eigenvalue weighted by Gasteiger charge is 2.12. The zero-order chi connectivity index (χ0) is 12.3. The molecule has 0 fully saturated rings. The first-order chi connectivity index (χ1) is 8.12. The van der Waals surface area contributed by atoms with Gasteiger partial charge in [-0.25, -0.2) is 0 Å². The van der Waals surface area contributed by atoms with Gasteiger partial charge in [0.15, 0.2) is 0 Å². The Labute approximate surface area is 102 Å². The number of hydroxylamine groups is 1. The summed E-state index contributed by atoms with van der Waals surface area (Å²) in [4.78, 5) is 0. The van der Waals surface area contributed by atoms with Gasteiger partial charge in [-0.15, -0.1) is 0 Å².